The molecule has 0 radical (unpaired) electrons. The van der Waals surface area contributed by atoms with Crippen molar-refractivity contribution in [1.82, 2.24) is 15.4 Å². The van der Waals surface area contributed by atoms with Crippen LogP contribution in [0.15, 0.2) is 16.8 Å². The van der Waals surface area contributed by atoms with Crippen LogP contribution in [0.3, 0.4) is 0 Å². The molecule has 2 rings (SSSR count). The lowest BCUT2D eigenvalue weighted by molar-refractivity contribution is 0.385. The Morgan fingerprint density at radius 3 is 3.00 bits per heavy atom. The lowest BCUT2D eigenvalue weighted by Gasteiger charge is -2.00. The molecule has 0 aromatic heterocycles. The quantitative estimate of drug-likeness (QED) is 0.536. The van der Waals surface area contributed by atoms with Crippen LogP contribution in [0.25, 0.3) is 11.6 Å². The van der Waals surface area contributed by atoms with Gasteiger partial charge in [-0.3, -0.25) is 5.10 Å². The molecule has 0 unspecified atom stereocenters. The van der Waals surface area contributed by atoms with Crippen molar-refractivity contribution in [3.8, 4) is 11.6 Å². The van der Waals surface area contributed by atoms with Crippen LogP contribution in [-0.2, 0) is 0 Å². The smallest absolute Gasteiger partial charge is 0.290 e. The minimum atomic E-state index is 0.576. The molecule has 40 valence electrons. The summed E-state index contributed by atoms with van der Waals surface area (Å²) in [5.74, 6) is 0.576. The molecule has 1 N–H and O–H groups in total. The summed E-state index contributed by atoms with van der Waals surface area (Å²) < 4.78 is 4.67. The van der Waals surface area contributed by atoms with Gasteiger partial charge in [0.1, 0.15) is 5.69 Å². The molecule has 2 aliphatic heterocycles. The molecule has 0 aliphatic carbocycles. The number of hydrogen-bond acceptors (Lipinski definition) is 3. The Morgan fingerprint density at radius 2 is 2.62 bits per heavy atom. The Balaban J connectivity index is 2.78. The highest BCUT2D eigenvalue weighted by molar-refractivity contribution is 5.46. The molecule has 2 aliphatic rings. The van der Waals surface area contributed by atoms with Gasteiger partial charge in [0.15, 0.2) is 0 Å². The van der Waals surface area contributed by atoms with Gasteiger partial charge in [0.25, 0.3) is 5.89 Å². The minimum absolute atomic E-state index is 0.576. The zero-order chi connectivity index (χ0) is 5.40. The van der Waals surface area contributed by atoms with Gasteiger partial charge in [-0.1, -0.05) is 5.16 Å². The van der Waals surface area contributed by atoms with Crippen LogP contribution >= 0.6 is 0 Å². The second-order valence-corrected chi connectivity index (χ2v) is 1.45. The van der Waals surface area contributed by atoms with Crippen molar-refractivity contribution in [2.24, 2.45) is 0 Å². The standard InChI is InChI=1S/C4H3N3O/c1-2-5-8-4-3(1)6-7-4/h1-2,6H. The lowest BCUT2D eigenvalue weighted by atomic mass is 10.4. The number of H-pyrrole nitrogens is 1. The zero-order valence-corrected chi connectivity index (χ0v) is 3.96. The van der Waals surface area contributed by atoms with Crippen molar-refractivity contribution in [1.29, 1.82) is 0 Å². The van der Waals surface area contributed by atoms with E-state index in [1.54, 1.807) is 12.3 Å². The van der Waals surface area contributed by atoms with E-state index >= 15 is 0 Å². The van der Waals surface area contributed by atoms with E-state index in [1.165, 1.54) is 0 Å². The number of hydrogen-bond donors (Lipinski definition) is 1. The van der Waals surface area contributed by atoms with Gasteiger partial charge in [-0.15, -0.1) is 5.10 Å². The zero-order valence-electron chi connectivity index (χ0n) is 3.96. The SMILES string of the molecule is c1cc2[nH]nc-2on1. The number of nitrogens with zero attached hydrogens (tertiary/aromatic N) is 2. The third kappa shape index (κ3) is 0.294. The van der Waals surface area contributed by atoms with Gasteiger partial charge in [-0.25, -0.2) is 0 Å². The highest BCUT2D eigenvalue weighted by Gasteiger charge is 2.07. The summed E-state index contributed by atoms with van der Waals surface area (Å²) in [4.78, 5) is 0. The normalized spacial score (nSPS) is 10.5. The van der Waals surface area contributed by atoms with Crippen LogP contribution in [0.2, 0.25) is 0 Å². The molecule has 0 spiro atoms. The molecule has 4 nitrogen and oxygen atoms in total. The molecule has 0 saturated heterocycles. The summed E-state index contributed by atoms with van der Waals surface area (Å²) in [6, 6.07) is 1.80. The van der Waals surface area contributed by atoms with Gasteiger partial charge >= 0.3 is 0 Å². The minimum Gasteiger partial charge on any atom is -0.333 e. The summed E-state index contributed by atoms with van der Waals surface area (Å²) in [5, 5.41) is 9.82. The van der Waals surface area contributed by atoms with Gasteiger partial charge in [0, 0.05) is 0 Å². The molecule has 4 heteroatoms. The van der Waals surface area contributed by atoms with E-state index in [2.05, 4.69) is 19.9 Å². The second kappa shape index (κ2) is 1.09. The molecular weight excluding hydrogens is 106 g/mol. The third-order valence-electron chi connectivity index (χ3n) is 0.950. The summed E-state index contributed by atoms with van der Waals surface area (Å²) in [6.07, 6.45) is 1.57. The van der Waals surface area contributed by atoms with E-state index in [4.69, 9.17) is 0 Å². The average Bonchev–Trinajstić information content (AvgIpc) is 1.72. The molecule has 0 atom stereocenters. The number of rotatable bonds is 0. The molecule has 0 aromatic rings. The molecule has 0 saturated carbocycles. The molecule has 0 amide bonds. The summed E-state index contributed by atoms with van der Waals surface area (Å²) in [6.45, 7) is 0. The summed E-state index contributed by atoms with van der Waals surface area (Å²) >= 11 is 0. The highest BCUT2D eigenvalue weighted by atomic mass is 16.5. The molecule has 0 bridgehead atoms. The predicted molar refractivity (Wildman–Crippen MR) is 25.3 cm³/mol. The Bertz CT molecular complexity index is 221. The van der Waals surface area contributed by atoms with E-state index in [9.17, 15) is 0 Å². The third-order valence-corrected chi connectivity index (χ3v) is 0.950. The molecule has 0 aromatic carbocycles. The highest BCUT2D eigenvalue weighted by Crippen LogP contribution is 2.13. The fourth-order valence-electron chi connectivity index (χ4n) is 0.530. The van der Waals surface area contributed by atoms with Gasteiger partial charge in [-0.2, -0.15) is 0 Å². The van der Waals surface area contributed by atoms with Gasteiger partial charge < -0.3 is 4.52 Å². The average molecular weight is 109 g/mol. The Kier molecular flexibility index (Phi) is 0.498. The van der Waals surface area contributed by atoms with Gasteiger partial charge in [-0.05, 0) is 6.07 Å². The number of fused-ring (bicyclic) bond motifs is 1. The van der Waals surface area contributed by atoms with Crippen LogP contribution in [0.1, 0.15) is 0 Å². The first-order valence-electron chi connectivity index (χ1n) is 2.21. The van der Waals surface area contributed by atoms with Crippen LogP contribution in [0.5, 0.6) is 0 Å². The maximum atomic E-state index is 4.67. The molecule has 2 heterocycles. The molecular formula is C4H3N3O. The Morgan fingerprint density at radius 1 is 1.62 bits per heavy atom. The summed E-state index contributed by atoms with van der Waals surface area (Å²) in [5.41, 5.74) is 0.903. The maximum absolute atomic E-state index is 4.67. The maximum Gasteiger partial charge on any atom is 0.290 e. The molecule has 0 fully saturated rings. The van der Waals surface area contributed by atoms with Crippen molar-refractivity contribution in [2.75, 3.05) is 0 Å². The Hall–Kier alpha value is -1.32. The van der Waals surface area contributed by atoms with Crippen LogP contribution in [-0.4, -0.2) is 15.4 Å². The van der Waals surface area contributed by atoms with E-state index in [0.717, 1.165) is 5.69 Å². The second-order valence-electron chi connectivity index (χ2n) is 1.45. The monoisotopic (exact) mass is 109 g/mol. The van der Waals surface area contributed by atoms with Crippen molar-refractivity contribution in [3.05, 3.63) is 12.3 Å². The fourth-order valence-corrected chi connectivity index (χ4v) is 0.530. The van der Waals surface area contributed by atoms with E-state index < -0.39 is 0 Å². The van der Waals surface area contributed by atoms with E-state index in [0.29, 0.717) is 5.89 Å². The topological polar surface area (TPSA) is 54.7 Å². The number of aromatic nitrogens is 3. The van der Waals surface area contributed by atoms with Gasteiger partial charge in [0.2, 0.25) is 0 Å². The van der Waals surface area contributed by atoms with Gasteiger partial charge in [0.05, 0.1) is 6.20 Å². The first kappa shape index (κ1) is 3.65. The first-order chi connectivity index (χ1) is 3.97. The Labute approximate surface area is 44.8 Å². The number of aromatic amines is 1. The van der Waals surface area contributed by atoms with Crippen LogP contribution in [0.4, 0.5) is 0 Å². The molecule has 8 heavy (non-hydrogen) atoms. The van der Waals surface area contributed by atoms with E-state index in [1.807, 2.05) is 0 Å². The fraction of sp³-hybridized carbons (Fsp3) is 0. The summed E-state index contributed by atoms with van der Waals surface area (Å²) in [7, 11) is 0. The van der Waals surface area contributed by atoms with Crippen molar-refractivity contribution >= 4 is 0 Å². The number of nitrogens with one attached hydrogen (secondary N) is 1. The predicted octanol–water partition coefficient (Wildman–Crippen LogP) is 0.502. The van der Waals surface area contributed by atoms with Crippen LogP contribution in [0, 0.1) is 0 Å². The van der Waals surface area contributed by atoms with E-state index in [-0.39, 0.29) is 0 Å². The van der Waals surface area contributed by atoms with Crippen LogP contribution < -0.4 is 0 Å². The largest absolute Gasteiger partial charge is 0.333 e. The lowest BCUT2D eigenvalue weighted by Crippen LogP contribution is -1.97. The van der Waals surface area contributed by atoms with Crippen molar-refractivity contribution < 1.29 is 4.52 Å². The first-order valence-corrected chi connectivity index (χ1v) is 2.21. The van der Waals surface area contributed by atoms with Crippen molar-refractivity contribution in [2.45, 2.75) is 0 Å². The van der Waals surface area contributed by atoms with Crippen molar-refractivity contribution in [3.63, 3.8) is 0 Å².